The van der Waals surface area contributed by atoms with Crippen molar-refractivity contribution in [2.45, 2.75) is 25.3 Å². The van der Waals surface area contributed by atoms with E-state index in [2.05, 4.69) is 28.4 Å². The minimum atomic E-state index is -3.94. The SMILES string of the molecule is C=CCn1c(=NC(=O)c2cccc(NS(=O)(=O)c3ccc(F)cc3)c2)sc2cc(C)c(C)cc21. The molecule has 0 aliphatic heterocycles. The number of fused-ring (bicyclic) bond motifs is 1. The second-order valence-corrected chi connectivity index (χ2v) is 10.4. The smallest absolute Gasteiger partial charge is 0.279 e. The predicted molar refractivity (Wildman–Crippen MR) is 133 cm³/mol. The molecule has 0 unspecified atom stereocenters. The number of aromatic nitrogens is 1. The van der Waals surface area contributed by atoms with Gasteiger partial charge in [0, 0.05) is 17.8 Å². The van der Waals surface area contributed by atoms with Gasteiger partial charge in [0.2, 0.25) is 0 Å². The summed E-state index contributed by atoms with van der Waals surface area (Å²) in [6, 6.07) is 14.7. The Balaban J connectivity index is 1.69. The Morgan fingerprint density at radius 1 is 1.12 bits per heavy atom. The number of anilines is 1. The zero-order valence-electron chi connectivity index (χ0n) is 18.6. The van der Waals surface area contributed by atoms with Crippen LogP contribution in [0.25, 0.3) is 10.2 Å². The van der Waals surface area contributed by atoms with Gasteiger partial charge in [-0.15, -0.1) is 6.58 Å². The monoisotopic (exact) mass is 495 g/mol. The minimum Gasteiger partial charge on any atom is -0.312 e. The predicted octanol–water partition coefficient (Wildman–Crippen LogP) is 5.19. The number of amides is 1. The summed E-state index contributed by atoms with van der Waals surface area (Å²) in [5, 5.41) is 0. The normalized spacial score (nSPS) is 12.1. The number of carbonyl (C=O) groups is 1. The van der Waals surface area contributed by atoms with Crippen molar-refractivity contribution in [2.75, 3.05) is 4.72 Å². The molecule has 1 aromatic heterocycles. The summed E-state index contributed by atoms with van der Waals surface area (Å²) >= 11 is 1.41. The lowest BCUT2D eigenvalue weighted by molar-refractivity contribution is 0.0998. The summed E-state index contributed by atoms with van der Waals surface area (Å²) in [7, 11) is -3.94. The molecule has 0 bridgehead atoms. The molecule has 1 heterocycles. The first-order chi connectivity index (χ1) is 16.2. The van der Waals surface area contributed by atoms with E-state index in [0.717, 1.165) is 33.5 Å². The van der Waals surface area contributed by atoms with Gasteiger partial charge in [0.1, 0.15) is 5.82 Å². The third-order valence-electron chi connectivity index (χ3n) is 5.29. The van der Waals surface area contributed by atoms with Crippen molar-refractivity contribution in [3.05, 3.63) is 101 Å². The number of benzene rings is 3. The van der Waals surface area contributed by atoms with E-state index in [4.69, 9.17) is 0 Å². The average Bonchev–Trinajstić information content (AvgIpc) is 3.10. The van der Waals surface area contributed by atoms with Gasteiger partial charge in [0.25, 0.3) is 15.9 Å². The molecular weight excluding hydrogens is 473 g/mol. The second-order valence-electron chi connectivity index (χ2n) is 7.75. The van der Waals surface area contributed by atoms with Crippen molar-refractivity contribution in [3.63, 3.8) is 0 Å². The highest BCUT2D eigenvalue weighted by molar-refractivity contribution is 7.92. The summed E-state index contributed by atoms with van der Waals surface area (Å²) in [6.07, 6.45) is 1.75. The van der Waals surface area contributed by atoms with Crippen LogP contribution in [0.3, 0.4) is 0 Å². The molecule has 0 aliphatic carbocycles. The number of carbonyl (C=O) groups excluding carboxylic acids is 1. The van der Waals surface area contributed by atoms with Gasteiger partial charge in [0.15, 0.2) is 4.80 Å². The van der Waals surface area contributed by atoms with Gasteiger partial charge in [-0.05, 0) is 79.6 Å². The fourth-order valence-electron chi connectivity index (χ4n) is 3.41. The highest BCUT2D eigenvalue weighted by Gasteiger charge is 2.16. The van der Waals surface area contributed by atoms with Crippen molar-refractivity contribution >= 4 is 43.2 Å². The van der Waals surface area contributed by atoms with Crippen LogP contribution in [0, 0.1) is 19.7 Å². The molecule has 0 aliphatic rings. The van der Waals surface area contributed by atoms with Crippen molar-refractivity contribution < 1.29 is 17.6 Å². The highest BCUT2D eigenvalue weighted by Crippen LogP contribution is 2.23. The number of halogens is 1. The van der Waals surface area contributed by atoms with Crippen molar-refractivity contribution in [1.82, 2.24) is 4.57 Å². The van der Waals surface area contributed by atoms with Gasteiger partial charge in [0.05, 0.1) is 15.1 Å². The molecule has 34 heavy (non-hydrogen) atoms. The number of sulfonamides is 1. The van der Waals surface area contributed by atoms with E-state index in [1.165, 1.54) is 35.6 Å². The molecule has 1 amide bonds. The van der Waals surface area contributed by atoms with E-state index in [0.29, 0.717) is 11.3 Å². The van der Waals surface area contributed by atoms with Gasteiger partial charge in [-0.2, -0.15) is 4.99 Å². The summed E-state index contributed by atoms with van der Waals surface area (Å²) in [5.41, 5.74) is 3.70. The van der Waals surface area contributed by atoms with E-state index < -0.39 is 21.7 Å². The van der Waals surface area contributed by atoms with E-state index in [1.54, 1.807) is 18.2 Å². The van der Waals surface area contributed by atoms with Crippen molar-refractivity contribution in [1.29, 1.82) is 0 Å². The van der Waals surface area contributed by atoms with Crippen LogP contribution in [0.5, 0.6) is 0 Å². The molecule has 0 fully saturated rings. The van der Waals surface area contributed by atoms with Crippen LogP contribution in [0.1, 0.15) is 21.5 Å². The third kappa shape index (κ3) is 4.85. The van der Waals surface area contributed by atoms with Gasteiger partial charge in [-0.1, -0.05) is 23.5 Å². The first-order valence-corrected chi connectivity index (χ1v) is 12.7. The molecule has 4 rings (SSSR count). The fraction of sp³-hybridized carbons (Fsp3) is 0.120. The van der Waals surface area contributed by atoms with Crippen molar-refractivity contribution in [2.24, 2.45) is 4.99 Å². The van der Waals surface area contributed by atoms with Crippen molar-refractivity contribution in [3.8, 4) is 0 Å². The molecule has 1 N–H and O–H groups in total. The van der Waals surface area contributed by atoms with E-state index in [9.17, 15) is 17.6 Å². The standard InChI is InChI=1S/C25H22FN3O3S2/c1-4-12-29-22-13-16(2)17(3)14-23(22)33-25(29)27-24(30)18-6-5-7-20(15-18)28-34(31,32)21-10-8-19(26)9-11-21/h4-11,13-15,28H,1,12H2,2-3H3. The van der Waals surface area contributed by atoms with Crippen LogP contribution >= 0.6 is 11.3 Å². The summed E-state index contributed by atoms with van der Waals surface area (Å²) in [6.45, 7) is 8.37. The number of thiazole rings is 1. The minimum absolute atomic E-state index is 0.0864. The number of nitrogens with zero attached hydrogens (tertiary/aromatic N) is 2. The highest BCUT2D eigenvalue weighted by atomic mass is 32.2. The molecule has 3 aromatic carbocycles. The zero-order valence-corrected chi connectivity index (χ0v) is 20.2. The third-order valence-corrected chi connectivity index (χ3v) is 7.73. The van der Waals surface area contributed by atoms with Crippen LogP contribution in [-0.4, -0.2) is 18.9 Å². The van der Waals surface area contributed by atoms with Crippen LogP contribution in [0.4, 0.5) is 10.1 Å². The Bertz CT molecular complexity index is 1580. The first-order valence-electron chi connectivity index (χ1n) is 10.4. The number of rotatable bonds is 6. The second kappa shape index (κ2) is 9.36. The number of hydrogen-bond donors (Lipinski definition) is 1. The first kappa shape index (κ1) is 23.6. The molecule has 0 saturated heterocycles. The quantitative estimate of drug-likeness (QED) is 0.374. The number of allylic oxidation sites excluding steroid dienone is 1. The molecule has 9 heteroatoms. The van der Waals surface area contributed by atoms with E-state index in [1.807, 2.05) is 18.4 Å². The Hall–Kier alpha value is -3.56. The molecule has 0 atom stereocenters. The summed E-state index contributed by atoms with van der Waals surface area (Å²) < 4.78 is 43.7. The van der Waals surface area contributed by atoms with Gasteiger partial charge in [-0.3, -0.25) is 9.52 Å². The lowest BCUT2D eigenvalue weighted by atomic mass is 10.1. The topological polar surface area (TPSA) is 80.5 Å². The lowest BCUT2D eigenvalue weighted by Crippen LogP contribution is -2.16. The maximum atomic E-state index is 13.1. The van der Waals surface area contributed by atoms with E-state index >= 15 is 0 Å². The van der Waals surface area contributed by atoms with Crippen LogP contribution in [0.2, 0.25) is 0 Å². The number of aryl methyl sites for hydroxylation is 2. The molecule has 0 spiro atoms. The van der Waals surface area contributed by atoms with Gasteiger partial charge >= 0.3 is 0 Å². The van der Waals surface area contributed by atoms with E-state index in [-0.39, 0.29) is 16.1 Å². The summed E-state index contributed by atoms with van der Waals surface area (Å²) in [4.78, 5) is 17.8. The largest absolute Gasteiger partial charge is 0.312 e. The van der Waals surface area contributed by atoms with Crippen LogP contribution < -0.4 is 9.52 Å². The zero-order chi connectivity index (χ0) is 24.5. The lowest BCUT2D eigenvalue weighted by Gasteiger charge is -2.09. The summed E-state index contributed by atoms with van der Waals surface area (Å²) in [5.74, 6) is -1.03. The average molecular weight is 496 g/mol. The molecule has 0 radical (unpaired) electrons. The van der Waals surface area contributed by atoms with Gasteiger partial charge < -0.3 is 4.57 Å². The number of hydrogen-bond acceptors (Lipinski definition) is 4. The Labute approximate surface area is 200 Å². The number of nitrogens with one attached hydrogen (secondary N) is 1. The molecule has 0 saturated carbocycles. The fourth-order valence-corrected chi connectivity index (χ4v) is 5.57. The molecule has 6 nitrogen and oxygen atoms in total. The van der Waals surface area contributed by atoms with Crippen LogP contribution in [0.15, 0.2) is 83.2 Å². The Kier molecular flexibility index (Phi) is 6.49. The maximum absolute atomic E-state index is 13.1. The Morgan fingerprint density at radius 3 is 2.53 bits per heavy atom. The molecular formula is C25H22FN3O3S2. The molecule has 174 valence electrons. The Morgan fingerprint density at radius 2 is 1.82 bits per heavy atom. The maximum Gasteiger partial charge on any atom is 0.279 e. The van der Waals surface area contributed by atoms with Crippen LogP contribution in [-0.2, 0) is 16.6 Å². The van der Waals surface area contributed by atoms with Gasteiger partial charge in [-0.25, -0.2) is 12.8 Å². The molecule has 4 aromatic rings.